The van der Waals surface area contributed by atoms with E-state index in [4.69, 9.17) is 5.26 Å². The first-order valence-corrected chi connectivity index (χ1v) is 6.20. The Kier molecular flexibility index (Phi) is 3.47. The number of amides is 1. The maximum absolute atomic E-state index is 11.5. The number of benzene rings is 1. The number of carbonyl (C=O) groups excluding carboxylic acids is 1. The van der Waals surface area contributed by atoms with Crippen molar-refractivity contribution in [1.82, 2.24) is 0 Å². The molecule has 0 N–H and O–H groups in total. The number of thiocyanates is 1. The minimum Gasteiger partial charge on any atom is -0.312 e. The number of thioether (sulfide) groups is 1. The second-order valence-electron chi connectivity index (χ2n) is 3.70. The number of hydrogen-bond acceptors (Lipinski definition) is 3. The van der Waals surface area contributed by atoms with Gasteiger partial charge in [0.05, 0.1) is 0 Å². The average molecular weight is 232 g/mol. The van der Waals surface area contributed by atoms with Crippen molar-refractivity contribution >= 4 is 23.4 Å². The highest BCUT2D eigenvalue weighted by atomic mass is 32.2. The minimum atomic E-state index is 0.208. The Morgan fingerprint density at radius 2 is 2.12 bits per heavy atom. The average Bonchev–Trinajstić information content (AvgIpc) is 2.74. The van der Waals surface area contributed by atoms with Gasteiger partial charge < -0.3 is 4.90 Å². The molecule has 1 amide bonds. The molecule has 4 heteroatoms. The summed E-state index contributed by atoms with van der Waals surface area (Å²) in [4.78, 5) is 13.3. The van der Waals surface area contributed by atoms with E-state index < -0.39 is 0 Å². The first kappa shape index (κ1) is 11.0. The van der Waals surface area contributed by atoms with Crippen LogP contribution >= 0.6 is 11.8 Å². The van der Waals surface area contributed by atoms with Crippen LogP contribution in [0, 0.1) is 10.7 Å². The number of hydrogen-bond donors (Lipinski definition) is 0. The first-order chi connectivity index (χ1) is 7.81. The molecule has 0 unspecified atom stereocenters. The highest BCUT2D eigenvalue weighted by molar-refractivity contribution is 8.02. The van der Waals surface area contributed by atoms with Gasteiger partial charge in [0, 0.05) is 24.4 Å². The minimum absolute atomic E-state index is 0.208. The zero-order chi connectivity index (χ0) is 11.4. The molecular weight excluding hydrogens is 220 g/mol. The Morgan fingerprint density at radius 3 is 2.69 bits per heavy atom. The van der Waals surface area contributed by atoms with E-state index >= 15 is 0 Å². The molecule has 1 saturated heterocycles. The van der Waals surface area contributed by atoms with Gasteiger partial charge in [-0.25, -0.2) is 0 Å². The van der Waals surface area contributed by atoms with Crippen LogP contribution in [0.2, 0.25) is 0 Å². The Morgan fingerprint density at radius 1 is 1.38 bits per heavy atom. The van der Waals surface area contributed by atoms with E-state index in [1.165, 1.54) is 11.8 Å². The molecule has 0 radical (unpaired) electrons. The van der Waals surface area contributed by atoms with Crippen molar-refractivity contribution in [2.45, 2.75) is 18.6 Å². The maximum Gasteiger partial charge on any atom is 0.227 e. The number of rotatable bonds is 3. The zero-order valence-electron chi connectivity index (χ0n) is 8.85. The van der Waals surface area contributed by atoms with Crippen LogP contribution in [0.5, 0.6) is 0 Å². The van der Waals surface area contributed by atoms with Crippen LogP contribution in [-0.4, -0.2) is 12.5 Å². The third-order valence-corrected chi connectivity index (χ3v) is 3.23. The predicted molar refractivity (Wildman–Crippen MR) is 64.9 cm³/mol. The van der Waals surface area contributed by atoms with Gasteiger partial charge >= 0.3 is 0 Å². The van der Waals surface area contributed by atoms with Crippen molar-refractivity contribution in [2.24, 2.45) is 0 Å². The lowest BCUT2D eigenvalue weighted by Gasteiger charge is -2.15. The molecule has 0 spiro atoms. The second-order valence-corrected chi connectivity index (χ2v) is 4.46. The van der Waals surface area contributed by atoms with Crippen molar-refractivity contribution in [2.75, 3.05) is 11.4 Å². The largest absolute Gasteiger partial charge is 0.312 e. The Bertz CT molecular complexity index is 422. The van der Waals surface area contributed by atoms with Crippen LogP contribution in [0.15, 0.2) is 24.3 Å². The maximum atomic E-state index is 11.5. The van der Waals surface area contributed by atoms with E-state index in [9.17, 15) is 4.79 Å². The topological polar surface area (TPSA) is 44.1 Å². The van der Waals surface area contributed by atoms with Gasteiger partial charge in [-0.05, 0) is 35.9 Å². The summed E-state index contributed by atoms with van der Waals surface area (Å²) in [5.41, 5.74) is 2.08. The molecule has 16 heavy (non-hydrogen) atoms. The van der Waals surface area contributed by atoms with Gasteiger partial charge in [-0.2, -0.15) is 5.26 Å². The van der Waals surface area contributed by atoms with E-state index in [1.807, 2.05) is 34.6 Å². The van der Waals surface area contributed by atoms with E-state index in [2.05, 4.69) is 0 Å². The second kappa shape index (κ2) is 5.04. The number of anilines is 1. The summed E-state index contributed by atoms with van der Waals surface area (Å²) in [5, 5.41) is 10.5. The first-order valence-electron chi connectivity index (χ1n) is 5.21. The molecule has 0 aromatic heterocycles. The van der Waals surface area contributed by atoms with Crippen LogP contribution in [0.4, 0.5) is 5.69 Å². The van der Waals surface area contributed by atoms with Gasteiger partial charge in [0.1, 0.15) is 5.40 Å². The van der Waals surface area contributed by atoms with Crippen LogP contribution in [-0.2, 0) is 10.5 Å². The summed E-state index contributed by atoms with van der Waals surface area (Å²) in [6.07, 6.45) is 1.61. The molecule has 1 fully saturated rings. The lowest BCUT2D eigenvalue weighted by molar-refractivity contribution is -0.117. The lowest BCUT2D eigenvalue weighted by atomic mass is 10.2. The van der Waals surface area contributed by atoms with Gasteiger partial charge in [0.2, 0.25) is 5.91 Å². The predicted octanol–water partition coefficient (Wildman–Crippen LogP) is 2.53. The van der Waals surface area contributed by atoms with Gasteiger partial charge in [-0.15, -0.1) is 0 Å². The molecule has 1 heterocycles. The lowest BCUT2D eigenvalue weighted by Crippen LogP contribution is -2.23. The third-order valence-electron chi connectivity index (χ3n) is 2.62. The molecule has 1 aromatic carbocycles. The van der Waals surface area contributed by atoms with E-state index in [1.54, 1.807) is 0 Å². The zero-order valence-corrected chi connectivity index (χ0v) is 9.67. The fraction of sp³-hybridized carbons (Fsp3) is 0.333. The van der Waals surface area contributed by atoms with Gasteiger partial charge in [-0.3, -0.25) is 4.79 Å². The smallest absolute Gasteiger partial charge is 0.227 e. The highest BCUT2D eigenvalue weighted by Gasteiger charge is 2.21. The van der Waals surface area contributed by atoms with Crippen molar-refractivity contribution in [1.29, 1.82) is 5.26 Å². The summed E-state index contributed by atoms with van der Waals surface area (Å²) in [6, 6.07) is 7.86. The Labute approximate surface area is 99.1 Å². The monoisotopic (exact) mass is 232 g/mol. The van der Waals surface area contributed by atoms with Crippen molar-refractivity contribution in [3.8, 4) is 5.40 Å². The normalized spacial score (nSPS) is 15.2. The van der Waals surface area contributed by atoms with Crippen LogP contribution in [0.1, 0.15) is 18.4 Å². The molecule has 0 saturated carbocycles. The van der Waals surface area contributed by atoms with Crippen LogP contribution < -0.4 is 4.90 Å². The summed E-state index contributed by atoms with van der Waals surface area (Å²) < 4.78 is 0. The molecule has 0 atom stereocenters. The standard InChI is InChI=1S/C12H12N2OS/c13-9-16-8-10-3-5-11(6-4-10)14-7-1-2-12(14)15/h3-6H,1-2,7-8H2. The number of carbonyl (C=O) groups is 1. The fourth-order valence-corrected chi connectivity index (χ4v) is 2.23. The fourth-order valence-electron chi connectivity index (χ4n) is 1.81. The van der Waals surface area contributed by atoms with E-state index in [0.717, 1.165) is 24.2 Å². The summed E-state index contributed by atoms with van der Waals surface area (Å²) >= 11 is 1.22. The summed E-state index contributed by atoms with van der Waals surface area (Å²) in [6.45, 7) is 0.825. The van der Waals surface area contributed by atoms with Crippen molar-refractivity contribution in [3.05, 3.63) is 29.8 Å². The van der Waals surface area contributed by atoms with E-state index in [-0.39, 0.29) is 5.91 Å². The van der Waals surface area contributed by atoms with Crippen molar-refractivity contribution < 1.29 is 4.79 Å². The highest BCUT2D eigenvalue weighted by Crippen LogP contribution is 2.22. The number of nitrogens with zero attached hydrogens (tertiary/aromatic N) is 2. The molecule has 0 aliphatic carbocycles. The van der Waals surface area contributed by atoms with E-state index in [0.29, 0.717) is 12.2 Å². The molecule has 1 aromatic rings. The Balaban J connectivity index is 2.07. The van der Waals surface area contributed by atoms with Gasteiger partial charge in [-0.1, -0.05) is 12.1 Å². The van der Waals surface area contributed by atoms with Gasteiger partial charge in [0.25, 0.3) is 0 Å². The molecule has 1 aliphatic rings. The SMILES string of the molecule is N#CSCc1ccc(N2CCCC2=O)cc1. The molecule has 3 nitrogen and oxygen atoms in total. The molecule has 2 rings (SSSR count). The van der Waals surface area contributed by atoms with Gasteiger partial charge in [0.15, 0.2) is 0 Å². The summed E-state index contributed by atoms with van der Waals surface area (Å²) in [7, 11) is 0. The Hall–Kier alpha value is -1.47. The molecular formula is C12H12N2OS. The molecule has 0 bridgehead atoms. The van der Waals surface area contributed by atoms with Crippen molar-refractivity contribution in [3.63, 3.8) is 0 Å². The quantitative estimate of drug-likeness (QED) is 0.752. The number of nitriles is 1. The van der Waals surface area contributed by atoms with Crippen LogP contribution in [0.25, 0.3) is 0 Å². The molecule has 82 valence electrons. The summed E-state index contributed by atoms with van der Waals surface area (Å²) in [5.74, 6) is 0.907. The molecule has 1 aliphatic heterocycles. The third kappa shape index (κ3) is 2.37. The van der Waals surface area contributed by atoms with Crippen LogP contribution in [0.3, 0.4) is 0 Å².